The number of amides is 1. The number of nitrogens with zero attached hydrogens (tertiary/aromatic N) is 3. The van der Waals surface area contributed by atoms with Gasteiger partial charge in [-0.3, -0.25) is 14.9 Å². The number of pyridine rings is 1. The maximum absolute atomic E-state index is 13.0. The molecule has 8 nitrogen and oxygen atoms in total. The highest BCUT2D eigenvalue weighted by Crippen LogP contribution is 2.33. The molecule has 9 heteroatoms. The van der Waals surface area contributed by atoms with Crippen LogP contribution in [0.25, 0.3) is 33.5 Å². The number of carbonyl (C=O) groups is 1. The average molecular weight is 541 g/mol. The van der Waals surface area contributed by atoms with Crippen LogP contribution in [0, 0.1) is 10.1 Å². The van der Waals surface area contributed by atoms with E-state index in [0.29, 0.717) is 43.7 Å². The zero-order valence-corrected chi connectivity index (χ0v) is 20.2. The second kappa shape index (κ2) is 9.93. The van der Waals surface area contributed by atoms with E-state index in [2.05, 4.69) is 31.4 Å². The predicted molar refractivity (Wildman–Crippen MR) is 141 cm³/mol. The third-order valence-corrected chi connectivity index (χ3v) is 5.93. The number of rotatable bonds is 6. The number of aromatic nitrogens is 1. The Hall–Kier alpha value is -4.63. The topological polar surface area (TPSA) is 111 Å². The minimum atomic E-state index is -0.473. The van der Waals surface area contributed by atoms with Gasteiger partial charge in [0.2, 0.25) is 0 Å². The van der Waals surface area contributed by atoms with Crippen LogP contribution in [-0.4, -0.2) is 22.0 Å². The standard InChI is InChI=1S/C27H17BrN4O4/c28-18-10-12-21(25(14-18)32(34)35)26-13-11-19(36-26)16-29-31-27(33)22-15-24(17-6-2-1-3-7-17)30-23-9-5-4-8-20(22)23/h1-16H,(H,31,33)/b29-16-. The number of nitrogens with one attached hydrogen (secondary N) is 1. The van der Waals surface area contributed by atoms with E-state index in [1.165, 1.54) is 12.3 Å². The Morgan fingerprint density at radius 3 is 2.58 bits per heavy atom. The van der Waals surface area contributed by atoms with Gasteiger partial charge in [0.25, 0.3) is 11.6 Å². The van der Waals surface area contributed by atoms with Crippen LogP contribution in [0.3, 0.4) is 0 Å². The second-order valence-electron chi connectivity index (χ2n) is 7.76. The van der Waals surface area contributed by atoms with Gasteiger partial charge in [0, 0.05) is 21.5 Å². The lowest BCUT2D eigenvalue weighted by atomic mass is 10.0. The van der Waals surface area contributed by atoms with Crippen LogP contribution in [0.5, 0.6) is 0 Å². The molecule has 1 amide bonds. The number of para-hydroxylation sites is 1. The van der Waals surface area contributed by atoms with Crippen molar-refractivity contribution in [3.8, 4) is 22.6 Å². The molecule has 5 aromatic rings. The zero-order valence-electron chi connectivity index (χ0n) is 18.6. The summed E-state index contributed by atoms with van der Waals surface area (Å²) in [7, 11) is 0. The highest BCUT2D eigenvalue weighted by Gasteiger charge is 2.18. The minimum Gasteiger partial charge on any atom is -0.455 e. The molecule has 0 bridgehead atoms. The number of fused-ring (bicyclic) bond motifs is 1. The molecule has 2 heterocycles. The van der Waals surface area contributed by atoms with Gasteiger partial charge in [-0.2, -0.15) is 5.10 Å². The molecule has 0 saturated carbocycles. The van der Waals surface area contributed by atoms with Gasteiger partial charge in [0.15, 0.2) is 0 Å². The molecule has 0 unspecified atom stereocenters. The first-order valence-electron chi connectivity index (χ1n) is 10.8. The summed E-state index contributed by atoms with van der Waals surface area (Å²) >= 11 is 3.24. The van der Waals surface area contributed by atoms with Crippen LogP contribution in [-0.2, 0) is 0 Å². The number of furan rings is 1. The van der Waals surface area contributed by atoms with Gasteiger partial charge in [-0.05, 0) is 36.4 Å². The molecule has 0 saturated heterocycles. The molecule has 0 aliphatic carbocycles. The van der Waals surface area contributed by atoms with Gasteiger partial charge in [-0.1, -0.05) is 64.5 Å². The first kappa shape index (κ1) is 23.1. The summed E-state index contributed by atoms with van der Waals surface area (Å²) in [4.78, 5) is 28.7. The minimum absolute atomic E-state index is 0.0886. The number of hydrogen-bond donors (Lipinski definition) is 1. The SMILES string of the molecule is O=C(N/N=C\c1ccc(-c2ccc(Br)cc2[N+](=O)[O-])o1)c1cc(-c2ccccc2)nc2ccccc12. The van der Waals surface area contributed by atoms with E-state index in [1.54, 1.807) is 30.3 Å². The smallest absolute Gasteiger partial charge is 0.281 e. The fourth-order valence-corrected chi connectivity index (χ4v) is 4.11. The molecule has 3 aromatic carbocycles. The Labute approximate surface area is 213 Å². The fourth-order valence-electron chi connectivity index (χ4n) is 3.77. The van der Waals surface area contributed by atoms with E-state index in [4.69, 9.17) is 4.42 Å². The number of carbonyl (C=O) groups excluding carboxylic acids is 1. The van der Waals surface area contributed by atoms with Gasteiger partial charge >= 0.3 is 0 Å². The molecule has 0 atom stereocenters. The van der Waals surface area contributed by atoms with Crippen LogP contribution in [0.1, 0.15) is 16.1 Å². The third kappa shape index (κ3) is 4.77. The number of nitro groups is 1. The van der Waals surface area contributed by atoms with Crippen molar-refractivity contribution in [2.45, 2.75) is 0 Å². The maximum atomic E-state index is 13.0. The first-order chi connectivity index (χ1) is 17.5. The number of hydrazone groups is 1. The fraction of sp³-hybridized carbons (Fsp3) is 0. The van der Waals surface area contributed by atoms with E-state index >= 15 is 0 Å². The van der Waals surface area contributed by atoms with Crippen LogP contribution in [0.2, 0.25) is 0 Å². The Balaban J connectivity index is 1.39. The maximum Gasteiger partial charge on any atom is 0.281 e. The van der Waals surface area contributed by atoms with Crippen molar-refractivity contribution >= 4 is 44.6 Å². The largest absolute Gasteiger partial charge is 0.455 e. The van der Waals surface area contributed by atoms with Gasteiger partial charge in [-0.25, -0.2) is 10.4 Å². The molecule has 0 aliphatic heterocycles. The van der Waals surface area contributed by atoms with Crippen molar-refractivity contribution in [2.75, 3.05) is 0 Å². The van der Waals surface area contributed by atoms with E-state index in [1.807, 2.05) is 54.6 Å². The first-order valence-corrected chi connectivity index (χ1v) is 11.6. The third-order valence-electron chi connectivity index (χ3n) is 5.44. The van der Waals surface area contributed by atoms with Crippen LogP contribution < -0.4 is 5.43 Å². The molecule has 5 rings (SSSR count). The molecular formula is C27H17BrN4O4. The van der Waals surface area contributed by atoms with Crippen LogP contribution in [0.15, 0.2) is 105 Å². The summed E-state index contributed by atoms with van der Waals surface area (Å²) in [6, 6.07) is 26.7. The normalized spacial score (nSPS) is 11.1. The van der Waals surface area contributed by atoms with Crippen molar-refractivity contribution in [3.05, 3.63) is 117 Å². The quantitative estimate of drug-likeness (QED) is 0.148. The predicted octanol–water partition coefficient (Wildman–Crippen LogP) is 6.60. The van der Waals surface area contributed by atoms with E-state index in [0.717, 1.165) is 5.56 Å². The van der Waals surface area contributed by atoms with Crippen LogP contribution in [0.4, 0.5) is 5.69 Å². The molecule has 0 fully saturated rings. The molecule has 176 valence electrons. The van der Waals surface area contributed by atoms with Gasteiger partial charge in [-0.15, -0.1) is 0 Å². The van der Waals surface area contributed by atoms with E-state index in [-0.39, 0.29) is 5.69 Å². The number of halogens is 1. The van der Waals surface area contributed by atoms with Crippen molar-refractivity contribution < 1.29 is 14.1 Å². The lowest BCUT2D eigenvalue weighted by Gasteiger charge is -2.09. The van der Waals surface area contributed by atoms with Gasteiger partial charge in [0.1, 0.15) is 11.5 Å². The summed E-state index contributed by atoms with van der Waals surface area (Å²) in [6.07, 6.45) is 1.34. The number of nitro benzene ring substituents is 1. The molecule has 36 heavy (non-hydrogen) atoms. The van der Waals surface area contributed by atoms with Crippen molar-refractivity contribution in [2.24, 2.45) is 5.10 Å². The summed E-state index contributed by atoms with van der Waals surface area (Å²) in [5, 5.41) is 16.1. The summed E-state index contributed by atoms with van der Waals surface area (Å²) < 4.78 is 6.30. The molecule has 0 radical (unpaired) electrons. The summed E-state index contributed by atoms with van der Waals surface area (Å²) in [5.74, 6) is 0.235. The Morgan fingerprint density at radius 2 is 1.78 bits per heavy atom. The Kier molecular flexibility index (Phi) is 6.38. The molecular weight excluding hydrogens is 524 g/mol. The van der Waals surface area contributed by atoms with E-state index < -0.39 is 10.8 Å². The monoisotopic (exact) mass is 540 g/mol. The Morgan fingerprint density at radius 1 is 1.00 bits per heavy atom. The molecule has 1 N–H and O–H groups in total. The zero-order chi connectivity index (χ0) is 25.1. The highest BCUT2D eigenvalue weighted by atomic mass is 79.9. The van der Waals surface area contributed by atoms with E-state index in [9.17, 15) is 14.9 Å². The molecule has 2 aromatic heterocycles. The van der Waals surface area contributed by atoms with Crippen molar-refractivity contribution in [1.82, 2.24) is 10.4 Å². The van der Waals surface area contributed by atoms with Crippen LogP contribution >= 0.6 is 15.9 Å². The number of benzene rings is 3. The average Bonchev–Trinajstić information content (AvgIpc) is 3.37. The lowest BCUT2D eigenvalue weighted by molar-refractivity contribution is -0.384. The molecule has 0 spiro atoms. The number of hydrogen-bond acceptors (Lipinski definition) is 6. The summed E-state index contributed by atoms with van der Waals surface area (Å²) in [5.41, 5.74) is 5.48. The van der Waals surface area contributed by atoms with Crippen molar-refractivity contribution in [1.29, 1.82) is 0 Å². The van der Waals surface area contributed by atoms with Gasteiger partial charge in [0.05, 0.1) is 33.5 Å². The van der Waals surface area contributed by atoms with Gasteiger partial charge < -0.3 is 4.42 Å². The Bertz CT molecular complexity index is 1630. The second-order valence-corrected chi connectivity index (χ2v) is 8.67. The van der Waals surface area contributed by atoms with Crippen molar-refractivity contribution in [3.63, 3.8) is 0 Å². The highest BCUT2D eigenvalue weighted by molar-refractivity contribution is 9.10. The summed E-state index contributed by atoms with van der Waals surface area (Å²) in [6.45, 7) is 0. The lowest BCUT2D eigenvalue weighted by Crippen LogP contribution is -2.18. The molecule has 0 aliphatic rings.